The van der Waals surface area contributed by atoms with Crippen molar-refractivity contribution in [2.24, 2.45) is 0 Å². The number of carbonyl (C=O) groups excluding carboxylic acids is 2. The fourth-order valence-electron chi connectivity index (χ4n) is 3.53. The molecular formula is C20H21N5O7. The Balaban J connectivity index is 1.84. The minimum Gasteiger partial charge on any atom is -0.478 e. The maximum atomic E-state index is 12.7. The van der Waals surface area contributed by atoms with Gasteiger partial charge < -0.3 is 24.7 Å². The number of nitrogens with one attached hydrogen (secondary N) is 1. The number of amides is 3. The highest BCUT2D eigenvalue weighted by molar-refractivity contribution is 5.94. The molecule has 0 saturated heterocycles. The van der Waals surface area contributed by atoms with Gasteiger partial charge in [0.1, 0.15) is 0 Å². The number of non-ortho nitro benzene ring substituents is 1. The molecule has 0 saturated carbocycles. The summed E-state index contributed by atoms with van der Waals surface area (Å²) >= 11 is 0. The van der Waals surface area contributed by atoms with Gasteiger partial charge in [-0.15, -0.1) is 0 Å². The van der Waals surface area contributed by atoms with Crippen molar-refractivity contribution in [2.75, 3.05) is 20.1 Å². The van der Waals surface area contributed by atoms with Crippen molar-refractivity contribution >= 4 is 23.6 Å². The normalized spacial score (nSPS) is 16.0. The van der Waals surface area contributed by atoms with Crippen LogP contribution in [0.2, 0.25) is 0 Å². The smallest absolute Gasteiger partial charge is 0.335 e. The maximum Gasteiger partial charge on any atom is 0.335 e. The Labute approximate surface area is 182 Å². The summed E-state index contributed by atoms with van der Waals surface area (Å²) in [5.74, 6) is -1.56. The maximum absolute atomic E-state index is 12.7. The summed E-state index contributed by atoms with van der Waals surface area (Å²) in [6, 6.07) is 5.39. The number of nitro groups is 1. The molecule has 3 rings (SSSR count). The minimum absolute atomic E-state index is 0.0735. The van der Waals surface area contributed by atoms with Crippen LogP contribution in [-0.2, 0) is 4.79 Å². The average Bonchev–Trinajstić information content (AvgIpc) is 3.28. The molecule has 12 heteroatoms. The monoisotopic (exact) mass is 443 g/mol. The third kappa shape index (κ3) is 4.58. The van der Waals surface area contributed by atoms with Gasteiger partial charge in [-0.2, -0.15) is 0 Å². The molecule has 2 aromatic rings. The molecule has 1 atom stereocenters. The molecule has 32 heavy (non-hydrogen) atoms. The van der Waals surface area contributed by atoms with E-state index >= 15 is 0 Å². The van der Waals surface area contributed by atoms with Gasteiger partial charge in [0.25, 0.3) is 11.6 Å². The van der Waals surface area contributed by atoms with Crippen molar-refractivity contribution in [1.29, 1.82) is 0 Å². The van der Waals surface area contributed by atoms with E-state index in [1.54, 1.807) is 13.1 Å². The van der Waals surface area contributed by atoms with Crippen molar-refractivity contribution < 1.29 is 28.9 Å². The fourth-order valence-corrected chi connectivity index (χ4v) is 3.53. The van der Waals surface area contributed by atoms with Crippen LogP contribution in [0.5, 0.6) is 0 Å². The molecule has 1 aliphatic rings. The lowest BCUT2D eigenvalue weighted by Crippen LogP contribution is -2.49. The second kappa shape index (κ2) is 9.29. The van der Waals surface area contributed by atoms with Gasteiger partial charge in [-0.1, -0.05) is 17.3 Å². The number of allylic oxidation sites excluding steroid dienone is 1. The van der Waals surface area contributed by atoms with E-state index in [0.29, 0.717) is 12.0 Å². The molecule has 1 aromatic carbocycles. The van der Waals surface area contributed by atoms with Gasteiger partial charge >= 0.3 is 12.0 Å². The summed E-state index contributed by atoms with van der Waals surface area (Å²) < 4.78 is 4.85. The van der Waals surface area contributed by atoms with Crippen LogP contribution in [0, 0.1) is 10.1 Å². The van der Waals surface area contributed by atoms with Crippen LogP contribution in [0.15, 0.2) is 52.3 Å². The van der Waals surface area contributed by atoms with E-state index < -0.39 is 23.0 Å². The second-order valence-corrected chi connectivity index (χ2v) is 7.18. The number of nitrogens with zero attached hydrogens (tertiary/aromatic N) is 4. The summed E-state index contributed by atoms with van der Waals surface area (Å²) in [6.45, 7) is 1.81. The Bertz CT molecular complexity index is 1080. The highest BCUT2D eigenvalue weighted by atomic mass is 16.6. The molecule has 0 spiro atoms. The number of aromatic nitrogens is 1. The van der Waals surface area contributed by atoms with Crippen LogP contribution >= 0.6 is 0 Å². The molecule has 2 heterocycles. The first-order valence-electron chi connectivity index (χ1n) is 9.63. The zero-order chi connectivity index (χ0) is 23.4. The first kappa shape index (κ1) is 22.5. The summed E-state index contributed by atoms with van der Waals surface area (Å²) in [5, 5.41) is 27.0. The highest BCUT2D eigenvalue weighted by Gasteiger charge is 2.38. The number of carbonyl (C=O) groups is 3. The van der Waals surface area contributed by atoms with Gasteiger partial charge in [-0.25, -0.2) is 9.59 Å². The fraction of sp³-hybridized carbons (Fsp3) is 0.300. The quantitative estimate of drug-likeness (QED) is 0.464. The number of hydrogen-bond donors (Lipinski definition) is 2. The van der Waals surface area contributed by atoms with Gasteiger partial charge in [0.2, 0.25) is 5.76 Å². The van der Waals surface area contributed by atoms with Crippen LogP contribution in [0.3, 0.4) is 0 Å². The molecule has 168 valence electrons. The van der Waals surface area contributed by atoms with Crippen LogP contribution in [-0.4, -0.2) is 63.0 Å². The predicted octanol–water partition coefficient (Wildman–Crippen LogP) is 2.17. The Morgan fingerprint density at radius 1 is 1.38 bits per heavy atom. The first-order valence-corrected chi connectivity index (χ1v) is 9.63. The molecule has 1 aliphatic heterocycles. The molecule has 12 nitrogen and oxygen atoms in total. The van der Waals surface area contributed by atoms with Gasteiger partial charge in [-0.05, 0) is 18.9 Å². The van der Waals surface area contributed by atoms with Gasteiger partial charge in [0.05, 0.1) is 22.7 Å². The molecule has 0 bridgehead atoms. The van der Waals surface area contributed by atoms with Crippen molar-refractivity contribution in [1.82, 2.24) is 20.3 Å². The summed E-state index contributed by atoms with van der Waals surface area (Å²) in [7, 11) is 1.56. The van der Waals surface area contributed by atoms with E-state index in [1.807, 2.05) is 0 Å². The molecular weight excluding hydrogens is 422 g/mol. The molecule has 2 N–H and O–H groups in total. The number of aliphatic carboxylic acids is 1. The lowest BCUT2D eigenvalue weighted by molar-refractivity contribution is -0.384. The standard InChI is InChI=1S/C20H21N5O7/c1-12-16(19(27)28)17(13-5-3-6-14(11-13)25(30)31)24(20(29)22-12)10-4-9-23(2)18(26)15-7-8-21-32-15/h3,5-8,11,17H,4,9-10H2,1-2H3,(H,22,29)(H,27,28). The van der Waals surface area contributed by atoms with Crippen LogP contribution in [0.1, 0.15) is 35.5 Å². The molecule has 0 aliphatic carbocycles. The SMILES string of the molecule is CC1=C(C(=O)O)C(c2cccc([N+](=O)[O-])c2)N(CCCN(C)C(=O)c2ccno2)C(=O)N1. The number of hydrogen-bond acceptors (Lipinski definition) is 7. The van der Waals surface area contributed by atoms with Crippen molar-refractivity contribution in [2.45, 2.75) is 19.4 Å². The average molecular weight is 443 g/mol. The molecule has 3 amide bonds. The van der Waals surface area contributed by atoms with Gasteiger partial charge in [0, 0.05) is 44.0 Å². The highest BCUT2D eigenvalue weighted by Crippen LogP contribution is 2.35. The number of carboxylic acids is 1. The number of rotatable bonds is 8. The second-order valence-electron chi connectivity index (χ2n) is 7.18. The summed E-state index contributed by atoms with van der Waals surface area (Å²) in [5.41, 5.74) is 0.161. The molecule has 1 unspecified atom stereocenters. The topological polar surface area (TPSA) is 159 Å². The predicted molar refractivity (Wildman–Crippen MR) is 109 cm³/mol. The van der Waals surface area contributed by atoms with Crippen molar-refractivity contribution in [3.05, 3.63) is 69.2 Å². The molecule has 0 radical (unpaired) electrons. The van der Waals surface area contributed by atoms with Crippen molar-refractivity contribution in [3.8, 4) is 0 Å². The Morgan fingerprint density at radius 3 is 2.75 bits per heavy atom. The van der Waals surface area contributed by atoms with E-state index in [1.165, 1.54) is 47.2 Å². The van der Waals surface area contributed by atoms with Gasteiger partial charge in [-0.3, -0.25) is 14.9 Å². The van der Waals surface area contributed by atoms with E-state index in [4.69, 9.17) is 4.52 Å². The van der Waals surface area contributed by atoms with E-state index in [0.717, 1.165) is 0 Å². The lowest BCUT2D eigenvalue weighted by Gasteiger charge is -2.37. The minimum atomic E-state index is -1.25. The van der Waals surface area contributed by atoms with E-state index in [-0.39, 0.29) is 41.7 Å². The summed E-state index contributed by atoms with van der Waals surface area (Å²) in [4.78, 5) is 50.3. The van der Waals surface area contributed by atoms with E-state index in [2.05, 4.69) is 10.5 Å². The first-order chi connectivity index (χ1) is 15.2. The number of benzene rings is 1. The molecule has 0 fully saturated rings. The third-order valence-corrected chi connectivity index (χ3v) is 5.06. The number of urea groups is 1. The summed E-state index contributed by atoms with van der Waals surface area (Å²) in [6.07, 6.45) is 1.67. The van der Waals surface area contributed by atoms with Crippen LogP contribution < -0.4 is 5.32 Å². The Morgan fingerprint density at radius 2 is 2.12 bits per heavy atom. The van der Waals surface area contributed by atoms with Crippen LogP contribution in [0.4, 0.5) is 10.5 Å². The Kier molecular flexibility index (Phi) is 6.52. The van der Waals surface area contributed by atoms with Crippen molar-refractivity contribution in [3.63, 3.8) is 0 Å². The van der Waals surface area contributed by atoms with Gasteiger partial charge in [0.15, 0.2) is 0 Å². The lowest BCUT2D eigenvalue weighted by atomic mass is 9.93. The number of carboxylic acid groups (broad SMARTS) is 1. The number of nitro benzene ring substituents is 1. The Hall–Kier alpha value is -4.22. The zero-order valence-electron chi connectivity index (χ0n) is 17.3. The van der Waals surface area contributed by atoms with E-state index in [9.17, 15) is 29.6 Å². The largest absolute Gasteiger partial charge is 0.478 e. The molecule has 1 aromatic heterocycles. The third-order valence-electron chi connectivity index (χ3n) is 5.06. The van der Waals surface area contributed by atoms with Crippen LogP contribution in [0.25, 0.3) is 0 Å². The zero-order valence-corrected chi connectivity index (χ0v) is 17.3.